The lowest BCUT2D eigenvalue weighted by molar-refractivity contribution is -0.385. The van der Waals surface area contributed by atoms with E-state index in [9.17, 15) is 19.7 Å². The van der Waals surface area contributed by atoms with E-state index >= 15 is 0 Å². The number of hydrogen-bond acceptors (Lipinski definition) is 6. The van der Waals surface area contributed by atoms with Gasteiger partial charge in [0, 0.05) is 19.2 Å². The van der Waals surface area contributed by atoms with Gasteiger partial charge in [-0.05, 0) is 13.8 Å². The number of carbonyl (C=O) groups excluding carboxylic acids is 1. The van der Waals surface area contributed by atoms with Crippen LogP contribution in [0.4, 0.5) is 11.5 Å². The van der Waals surface area contributed by atoms with Crippen molar-refractivity contribution in [3.8, 4) is 0 Å². The van der Waals surface area contributed by atoms with Gasteiger partial charge in [0.2, 0.25) is 5.91 Å². The molecule has 0 fully saturated rings. The molecule has 0 aliphatic heterocycles. The number of aromatic nitrogens is 1. The minimum absolute atomic E-state index is 0.0295. The van der Waals surface area contributed by atoms with Crippen LogP contribution in [0.25, 0.3) is 0 Å². The molecule has 0 spiro atoms. The van der Waals surface area contributed by atoms with Crippen LogP contribution in [-0.2, 0) is 4.79 Å². The molecule has 0 aliphatic rings. The van der Waals surface area contributed by atoms with Crippen molar-refractivity contribution < 1.29 is 19.6 Å². The quantitative estimate of drug-likeness (QED) is 0.558. The molecule has 0 aromatic carbocycles. The lowest BCUT2D eigenvalue weighted by atomic mass is 10.2. The van der Waals surface area contributed by atoms with Gasteiger partial charge >= 0.3 is 5.97 Å². The summed E-state index contributed by atoms with van der Waals surface area (Å²) >= 11 is 0. The van der Waals surface area contributed by atoms with Crippen molar-refractivity contribution >= 4 is 23.4 Å². The number of nitrogens with zero attached hydrogens (tertiary/aromatic N) is 3. The molecule has 1 amide bonds. The number of anilines is 1. The van der Waals surface area contributed by atoms with E-state index in [0.29, 0.717) is 13.1 Å². The van der Waals surface area contributed by atoms with Gasteiger partial charge in [-0.2, -0.15) is 0 Å². The summed E-state index contributed by atoms with van der Waals surface area (Å²) in [5, 5.41) is 22.4. The highest BCUT2D eigenvalue weighted by Crippen LogP contribution is 2.22. The number of pyridine rings is 1. The zero-order valence-electron chi connectivity index (χ0n) is 11.7. The van der Waals surface area contributed by atoms with Crippen molar-refractivity contribution in [1.82, 2.24) is 10.3 Å². The molecule has 0 aliphatic carbocycles. The van der Waals surface area contributed by atoms with Crippen LogP contribution in [0.5, 0.6) is 0 Å². The Kier molecular flexibility index (Phi) is 5.58. The maximum Gasteiger partial charge on any atom is 0.339 e. The molecule has 1 aromatic rings. The first-order valence-corrected chi connectivity index (χ1v) is 6.30. The third kappa shape index (κ3) is 4.13. The molecule has 1 aromatic heterocycles. The zero-order valence-corrected chi connectivity index (χ0v) is 11.7. The summed E-state index contributed by atoms with van der Waals surface area (Å²) in [6.45, 7) is 4.21. The van der Waals surface area contributed by atoms with Gasteiger partial charge in [0.05, 0.1) is 11.5 Å². The molecule has 0 unspecified atom stereocenters. The Morgan fingerprint density at radius 3 is 2.62 bits per heavy atom. The summed E-state index contributed by atoms with van der Waals surface area (Å²) < 4.78 is 0. The van der Waals surface area contributed by atoms with Crippen molar-refractivity contribution in [2.45, 2.75) is 13.8 Å². The number of hydrogen-bond donors (Lipinski definition) is 2. The average molecular weight is 296 g/mol. The molecule has 21 heavy (non-hydrogen) atoms. The number of carbonyl (C=O) groups is 2. The van der Waals surface area contributed by atoms with Crippen molar-refractivity contribution in [2.24, 2.45) is 0 Å². The van der Waals surface area contributed by atoms with E-state index in [4.69, 9.17) is 5.11 Å². The van der Waals surface area contributed by atoms with E-state index in [2.05, 4.69) is 10.3 Å². The van der Waals surface area contributed by atoms with Gasteiger partial charge in [0.15, 0.2) is 0 Å². The third-order valence-corrected chi connectivity index (χ3v) is 2.68. The van der Waals surface area contributed by atoms with E-state index < -0.39 is 16.6 Å². The highest BCUT2D eigenvalue weighted by molar-refractivity contribution is 5.95. The van der Waals surface area contributed by atoms with Gasteiger partial charge < -0.3 is 15.3 Å². The molecule has 1 rings (SSSR count). The fourth-order valence-corrected chi connectivity index (χ4v) is 1.72. The molecule has 0 saturated heterocycles. The van der Waals surface area contributed by atoms with Gasteiger partial charge in [-0.25, -0.2) is 9.78 Å². The first-order valence-electron chi connectivity index (χ1n) is 6.30. The van der Waals surface area contributed by atoms with Crippen LogP contribution in [0.2, 0.25) is 0 Å². The van der Waals surface area contributed by atoms with Crippen molar-refractivity contribution in [1.29, 1.82) is 0 Å². The van der Waals surface area contributed by atoms with E-state index in [1.165, 1.54) is 4.90 Å². The summed E-state index contributed by atoms with van der Waals surface area (Å²) in [5.74, 6) is -1.59. The highest BCUT2D eigenvalue weighted by atomic mass is 16.6. The Morgan fingerprint density at radius 2 is 2.14 bits per heavy atom. The molecule has 0 bridgehead atoms. The van der Waals surface area contributed by atoms with Crippen LogP contribution in [0, 0.1) is 10.1 Å². The average Bonchev–Trinajstić information content (AvgIpc) is 2.44. The molecule has 2 N–H and O–H groups in total. The summed E-state index contributed by atoms with van der Waals surface area (Å²) in [7, 11) is 0. The molecule has 0 saturated carbocycles. The summed E-state index contributed by atoms with van der Waals surface area (Å²) in [5.41, 5.74) is -0.722. The molecule has 9 nitrogen and oxygen atoms in total. The van der Waals surface area contributed by atoms with E-state index in [-0.39, 0.29) is 23.8 Å². The Balaban J connectivity index is 3.16. The second-order valence-corrected chi connectivity index (χ2v) is 4.09. The standard InChI is InChI=1S/C12H16N4O5/c1-3-13-10(17)7-15(4-2)11-9(12(18)19)5-8(6-14-11)16(20)21/h5-6H,3-4,7H2,1-2H3,(H,13,17)(H,18,19). The number of aromatic carboxylic acids is 1. The maximum absolute atomic E-state index is 11.6. The smallest absolute Gasteiger partial charge is 0.339 e. The summed E-state index contributed by atoms with van der Waals surface area (Å²) in [6, 6.07) is 0.936. The van der Waals surface area contributed by atoms with Crippen LogP contribution >= 0.6 is 0 Å². The van der Waals surface area contributed by atoms with Crippen LogP contribution in [0.3, 0.4) is 0 Å². The Hall–Kier alpha value is -2.71. The first-order chi connectivity index (χ1) is 9.90. The molecule has 0 atom stereocenters. The van der Waals surface area contributed by atoms with Crippen molar-refractivity contribution in [3.63, 3.8) is 0 Å². The van der Waals surface area contributed by atoms with Crippen LogP contribution in [0.15, 0.2) is 12.3 Å². The number of amides is 1. The number of carboxylic acids is 1. The summed E-state index contributed by atoms with van der Waals surface area (Å²) in [6.07, 6.45) is 0.974. The van der Waals surface area contributed by atoms with E-state index in [0.717, 1.165) is 12.3 Å². The van der Waals surface area contributed by atoms with Gasteiger partial charge in [-0.1, -0.05) is 0 Å². The molecule has 9 heteroatoms. The monoisotopic (exact) mass is 296 g/mol. The lowest BCUT2D eigenvalue weighted by Crippen LogP contribution is -2.38. The second kappa shape index (κ2) is 7.17. The predicted molar refractivity (Wildman–Crippen MR) is 74.4 cm³/mol. The molecule has 114 valence electrons. The van der Waals surface area contributed by atoms with Crippen molar-refractivity contribution in [2.75, 3.05) is 24.5 Å². The Bertz CT molecular complexity index is 561. The number of carboxylic acid groups (broad SMARTS) is 1. The second-order valence-electron chi connectivity index (χ2n) is 4.09. The van der Waals surface area contributed by atoms with Crippen molar-refractivity contribution in [3.05, 3.63) is 27.9 Å². The Morgan fingerprint density at radius 1 is 1.48 bits per heavy atom. The number of rotatable bonds is 7. The fraction of sp³-hybridized carbons (Fsp3) is 0.417. The van der Waals surface area contributed by atoms with Gasteiger partial charge in [0.1, 0.15) is 17.6 Å². The van der Waals surface area contributed by atoms with Crippen LogP contribution in [-0.4, -0.2) is 46.5 Å². The molecule has 1 heterocycles. The van der Waals surface area contributed by atoms with Gasteiger partial charge in [0.25, 0.3) is 5.69 Å². The van der Waals surface area contributed by atoms with Crippen LogP contribution < -0.4 is 10.2 Å². The third-order valence-electron chi connectivity index (χ3n) is 2.68. The molecular formula is C12H16N4O5. The zero-order chi connectivity index (χ0) is 16.0. The van der Waals surface area contributed by atoms with E-state index in [1.807, 2.05) is 0 Å². The maximum atomic E-state index is 11.6. The Labute approximate surface area is 120 Å². The van der Waals surface area contributed by atoms with Crippen LogP contribution in [0.1, 0.15) is 24.2 Å². The largest absolute Gasteiger partial charge is 0.478 e. The van der Waals surface area contributed by atoms with Gasteiger partial charge in [-0.3, -0.25) is 14.9 Å². The lowest BCUT2D eigenvalue weighted by Gasteiger charge is -2.22. The SMILES string of the molecule is CCNC(=O)CN(CC)c1ncc([N+](=O)[O-])cc1C(=O)O. The number of likely N-dealkylation sites (N-methyl/N-ethyl adjacent to an activating group) is 2. The topological polar surface area (TPSA) is 126 Å². The summed E-state index contributed by atoms with van der Waals surface area (Å²) in [4.78, 5) is 38.1. The highest BCUT2D eigenvalue weighted by Gasteiger charge is 2.22. The minimum Gasteiger partial charge on any atom is -0.478 e. The normalized spacial score (nSPS) is 10.0. The van der Waals surface area contributed by atoms with E-state index in [1.54, 1.807) is 13.8 Å². The predicted octanol–water partition coefficient (Wildman–Crippen LogP) is 0.650. The minimum atomic E-state index is -1.34. The van der Waals surface area contributed by atoms with Gasteiger partial charge in [-0.15, -0.1) is 0 Å². The first kappa shape index (κ1) is 16.3. The number of nitro groups is 1. The molecular weight excluding hydrogens is 280 g/mol. The fourth-order valence-electron chi connectivity index (χ4n) is 1.72. The molecule has 0 radical (unpaired) electrons. The number of nitrogens with one attached hydrogen (secondary N) is 1.